The first-order valence-electron chi connectivity index (χ1n) is 7.65. The van der Waals surface area contributed by atoms with Gasteiger partial charge in [-0.05, 0) is 43.5 Å². The zero-order chi connectivity index (χ0) is 15.7. The Balaban J connectivity index is 1.87. The number of amides is 2. The molecule has 2 aliphatic rings. The normalized spacial score (nSPS) is 24.9. The molecule has 5 heteroatoms. The lowest BCUT2D eigenvalue weighted by atomic mass is 9.77. The van der Waals surface area contributed by atoms with Crippen molar-refractivity contribution in [2.45, 2.75) is 38.1 Å². The van der Waals surface area contributed by atoms with Crippen molar-refractivity contribution in [1.29, 1.82) is 0 Å². The fourth-order valence-electron chi connectivity index (χ4n) is 3.47. The number of fused-ring (bicyclic) bond motifs is 1. The van der Waals surface area contributed by atoms with Crippen molar-refractivity contribution in [3.63, 3.8) is 0 Å². The van der Waals surface area contributed by atoms with E-state index in [2.05, 4.69) is 0 Å². The molecule has 22 heavy (non-hydrogen) atoms. The quantitative estimate of drug-likeness (QED) is 0.786. The van der Waals surface area contributed by atoms with Crippen LogP contribution in [0.4, 0.5) is 0 Å². The Morgan fingerprint density at radius 2 is 1.86 bits per heavy atom. The van der Waals surface area contributed by atoms with Crippen LogP contribution in [0, 0.1) is 5.92 Å². The van der Waals surface area contributed by atoms with E-state index in [-0.39, 0.29) is 36.0 Å². The lowest BCUT2D eigenvalue weighted by molar-refractivity contribution is -0.140. The number of hydrogen-bond acceptors (Lipinski definition) is 4. The van der Waals surface area contributed by atoms with Gasteiger partial charge < -0.3 is 4.74 Å². The second-order valence-electron chi connectivity index (χ2n) is 5.87. The molecule has 2 amide bonds. The number of Topliss-reactive ketones (excluding diaryl/α,β-unsaturated/α-hetero) is 1. The Morgan fingerprint density at radius 3 is 2.55 bits per heavy atom. The van der Waals surface area contributed by atoms with Gasteiger partial charge in [-0.1, -0.05) is 0 Å². The first-order valence-corrected chi connectivity index (χ1v) is 7.65. The molecule has 2 fully saturated rings. The van der Waals surface area contributed by atoms with Crippen LogP contribution < -0.4 is 4.74 Å². The topological polar surface area (TPSA) is 63.7 Å². The van der Waals surface area contributed by atoms with Crippen molar-refractivity contribution in [2.24, 2.45) is 5.92 Å². The Morgan fingerprint density at radius 1 is 1.14 bits per heavy atom. The summed E-state index contributed by atoms with van der Waals surface area (Å²) in [5, 5.41) is 0. The third-order valence-corrected chi connectivity index (χ3v) is 4.63. The summed E-state index contributed by atoms with van der Waals surface area (Å²) in [6, 6.07) is 6.44. The second-order valence-corrected chi connectivity index (χ2v) is 5.87. The van der Waals surface area contributed by atoms with E-state index in [0.717, 1.165) is 12.8 Å². The highest BCUT2D eigenvalue weighted by Crippen LogP contribution is 2.34. The maximum absolute atomic E-state index is 12.7. The van der Waals surface area contributed by atoms with E-state index < -0.39 is 0 Å². The monoisotopic (exact) mass is 301 g/mol. The number of methoxy groups -OCH3 is 1. The van der Waals surface area contributed by atoms with Crippen LogP contribution in [0.25, 0.3) is 0 Å². The summed E-state index contributed by atoms with van der Waals surface area (Å²) in [7, 11) is 1.56. The number of carbonyl (C=O) groups is 3. The van der Waals surface area contributed by atoms with Crippen LogP contribution in [-0.2, 0) is 9.59 Å². The fraction of sp³-hybridized carbons (Fsp3) is 0.471. The number of imide groups is 1. The molecule has 0 bridgehead atoms. The molecule has 0 radical (unpaired) electrons. The van der Waals surface area contributed by atoms with Gasteiger partial charge >= 0.3 is 0 Å². The minimum Gasteiger partial charge on any atom is -0.497 e. The highest BCUT2D eigenvalue weighted by atomic mass is 16.5. The lowest BCUT2D eigenvalue weighted by Gasteiger charge is -2.41. The van der Waals surface area contributed by atoms with E-state index in [1.807, 2.05) is 0 Å². The summed E-state index contributed by atoms with van der Waals surface area (Å²) >= 11 is 0. The van der Waals surface area contributed by atoms with Gasteiger partial charge in [0.25, 0.3) is 5.91 Å². The molecule has 1 aliphatic carbocycles. The summed E-state index contributed by atoms with van der Waals surface area (Å²) in [6.45, 7) is 0. The van der Waals surface area contributed by atoms with Gasteiger partial charge in [0.1, 0.15) is 11.5 Å². The molecule has 2 atom stereocenters. The third-order valence-electron chi connectivity index (χ3n) is 4.63. The highest BCUT2D eigenvalue weighted by molar-refractivity contribution is 6.06. The van der Waals surface area contributed by atoms with Gasteiger partial charge in [0, 0.05) is 30.4 Å². The summed E-state index contributed by atoms with van der Waals surface area (Å²) in [4.78, 5) is 38.4. The number of nitrogens with zero attached hydrogens (tertiary/aromatic N) is 1. The molecule has 1 aliphatic heterocycles. The largest absolute Gasteiger partial charge is 0.497 e. The lowest BCUT2D eigenvalue weighted by Crippen LogP contribution is -2.55. The smallest absolute Gasteiger partial charge is 0.260 e. The Hall–Kier alpha value is -2.17. The van der Waals surface area contributed by atoms with Gasteiger partial charge in [-0.2, -0.15) is 0 Å². The Kier molecular flexibility index (Phi) is 3.96. The van der Waals surface area contributed by atoms with E-state index in [9.17, 15) is 14.4 Å². The number of benzene rings is 1. The third kappa shape index (κ3) is 2.51. The number of likely N-dealkylation sites (tertiary alicyclic amines) is 1. The number of rotatable bonds is 2. The van der Waals surface area contributed by atoms with Gasteiger partial charge in [-0.15, -0.1) is 0 Å². The number of carbonyl (C=O) groups excluding carboxylic acids is 3. The molecular formula is C17H19NO4. The summed E-state index contributed by atoms with van der Waals surface area (Å²) in [5.74, 6) is 0.200. The summed E-state index contributed by atoms with van der Waals surface area (Å²) < 4.78 is 5.08. The average Bonchev–Trinajstić information content (AvgIpc) is 2.54. The zero-order valence-electron chi connectivity index (χ0n) is 12.6. The fourth-order valence-corrected chi connectivity index (χ4v) is 3.47. The molecule has 1 saturated heterocycles. The number of hydrogen-bond donors (Lipinski definition) is 0. The predicted molar refractivity (Wildman–Crippen MR) is 79.5 cm³/mol. The van der Waals surface area contributed by atoms with Crippen LogP contribution in [0.5, 0.6) is 5.75 Å². The SMILES string of the molecule is COc1ccc(C(=O)N2C(=O)CCC3C(=O)CCCC32)cc1. The van der Waals surface area contributed by atoms with Gasteiger partial charge in [-0.25, -0.2) is 0 Å². The molecule has 1 aromatic carbocycles. The highest BCUT2D eigenvalue weighted by Gasteiger charge is 2.44. The van der Waals surface area contributed by atoms with Gasteiger partial charge in [0.05, 0.1) is 7.11 Å². The molecule has 116 valence electrons. The molecule has 1 aromatic rings. The number of ether oxygens (including phenoxy) is 1. The van der Waals surface area contributed by atoms with Crippen molar-refractivity contribution < 1.29 is 19.1 Å². The summed E-state index contributed by atoms with van der Waals surface area (Å²) in [5.41, 5.74) is 0.452. The molecule has 5 nitrogen and oxygen atoms in total. The Bertz CT molecular complexity index is 608. The van der Waals surface area contributed by atoms with Crippen molar-refractivity contribution in [3.8, 4) is 5.75 Å². The number of ketones is 1. The van der Waals surface area contributed by atoms with Crippen LogP contribution in [0.3, 0.4) is 0 Å². The van der Waals surface area contributed by atoms with Crippen molar-refractivity contribution in [1.82, 2.24) is 4.90 Å². The van der Waals surface area contributed by atoms with Crippen molar-refractivity contribution >= 4 is 17.6 Å². The van der Waals surface area contributed by atoms with E-state index in [0.29, 0.717) is 24.2 Å². The summed E-state index contributed by atoms with van der Waals surface area (Å²) in [6.07, 6.45) is 2.90. The van der Waals surface area contributed by atoms with Crippen LogP contribution >= 0.6 is 0 Å². The second kappa shape index (κ2) is 5.91. The molecule has 3 rings (SSSR count). The first-order chi connectivity index (χ1) is 10.6. The van der Waals surface area contributed by atoms with Gasteiger partial charge in [0.15, 0.2) is 0 Å². The standard InChI is InChI=1S/C17H19NO4/c1-22-12-7-5-11(6-8-12)17(21)18-14-3-2-4-15(19)13(14)9-10-16(18)20/h5-8,13-14H,2-4,9-10H2,1H3. The van der Waals surface area contributed by atoms with Gasteiger partial charge in [-0.3, -0.25) is 19.3 Å². The zero-order valence-corrected chi connectivity index (χ0v) is 12.6. The first kappa shape index (κ1) is 14.8. The van der Waals surface area contributed by atoms with Gasteiger partial charge in [0.2, 0.25) is 5.91 Å². The van der Waals surface area contributed by atoms with Crippen molar-refractivity contribution in [3.05, 3.63) is 29.8 Å². The minimum atomic E-state index is -0.308. The maximum atomic E-state index is 12.7. The van der Waals surface area contributed by atoms with Crippen LogP contribution in [-0.4, -0.2) is 35.6 Å². The van der Waals surface area contributed by atoms with Crippen molar-refractivity contribution in [2.75, 3.05) is 7.11 Å². The minimum absolute atomic E-state index is 0.170. The molecular weight excluding hydrogens is 282 g/mol. The predicted octanol–water partition coefficient (Wildman–Crippen LogP) is 2.20. The van der Waals surface area contributed by atoms with Crippen LogP contribution in [0.2, 0.25) is 0 Å². The molecule has 0 spiro atoms. The van der Waals surface area contributed by atoms with Crippen LogP contribution in [0.1, 0.15) is 42.5 Å². The number of piperidine rings is 1. The molecule has 0 N–H and O–H groups in total. The van der Waals surface area contributed by atoms with Crippen LogP contribution in [0.15, 0.2) is 24.3 Å². The Labute approximate surface area is 129 Å². The van der Waals surface area contributed by atoms with E-state index >= 15 is 0 Å². The maximum Gasteiger partial charge on any atom is 0.260 e. The molecule has 0 aromatic heterocycles. The molecule has 1 heterocycles. The molecule has 1 saturated carbocycles. The van der Waals surface area contributed by atoms with E-state index in [1.54, 1.807) is 31.4 Å². The van der Waals surface area contributed by atoms with E-state index in [1.165, 1.54) is 4.90 Å². The molecule has 2 unspecified atom stereocenters. The average molecular weight is 301 g/mol. The van der Waals surface area contributed by atoms with E-state index in [4.69, 9.17) is 4.74 Å².